The lowest BCUT2D eigenvalue weighted by molar-refractivity contribution is 0.357. The van der Waals surface area contributed by atoms with Crippen molar-refractivity contribution < 1.29 is 4.39 Å². The van der Waals surface area contributed by atoms with Gasteiger partial charge >= 0.3 is 0 Å². The Hall–Kier alpha value is -0.890. The van der Waals surface area contributed by atoms with E-state index in [1.165, 1.54) is 24.5 Å². The van der Waals surface area contributed by atoms with Crippen molar-refractivity contribution in [3.05, 3.63) is 35.1 Å². The Balaban J connectivity index is 2.78. The van der Waals surface area contributed by atoms with Gasteiger partial charge in [-0.25, -0.2) is 4.39 Å². The van der Waals surface area contributed by atoms with Gasteiger partial charge in [0.05, 0.1) is 0 Å². The van der Waals surface area contributed by atoms with Crippen LogP contribution >= 0.6 is 0 Å². The number of nitrogens with one attached hydrogen (secondary N) is 1. The summed E-state index contributed by atoms with van der Waals surface area (Å²) in [7, 11) is 0. The summed E-state index contributed by atoms with van der Waals surface area (Å²) in [5, 5.41) is 3.54. The van der Waals surface area contributed by atoms with E-state index in [2.05, 4.69) is 33.0 Å². The number of rotatable bonds is 7. The monoisotopic (exact) mass is 251 g/mol. The fourth-order valence-electron chi connectivity index (χ4n) is 2.49. The van der Waals surface area contributed by atoms with E-state index in [1.54, 1.807) is 6.07 Å². The second kappa shape index (κ2) is 7.52. The Kier molecular flexibility index (Phi) is 6.34. The Bertz CT molecular complexity index is 362. The third kappa shape index (κ3) is 4.41. The molecule has 0 aliphatic carbocycles. The third-order valence-corrected chi connectivity index (χ3v) is 3.65. The maximum Gasteiger partial charge on any atom is 0.123 e. The molecule has 0 saturated heterocycles. The van der Waals surface area contributed by atoms with Crippen molar-refractivity contribution >= 4 is 0 Å². The number of hydrogen-bond acceptors (Lipinski definition) is 1. The zero-order valence-electron chi connectivity index (χ0n) is 12.1. The van der Waals surface area contributed by atoms with Gasteiger partial charge in [-0.1, -0.05) is 33.3 Å². The molecule has 0 fully saturated rings. The molecular weight excluding hydrogens is 225 g/mol. The Labute approximate surface area is 111 Å². The number of benzene rings is 1. The van der Waals surface area contributed by atoms with E-state index < -0.39 is 0 Å². The van der Waals surface area contributed by atoms with Gasteiger partial charge in [0.25, 0.3) is 0 Å². The van der Waals surface area contributed by atoms with Crippen molar-refractivity contribution in [3.63, 3.8) is 0 Å². The van der Waals surface area contributed by atoms with E-state index in [-0.39, 0.29) is 5.82 Å². The lowest BCUT2D eigenvalue weighted by Crippen LogP contribution is -2.37. The Morgan fingerprint density at radius 3 is 2.61 bits per heavy atom. The second-order valence-electron chi connectivity index (χ2n) is 5.21. The number of hydrogen-bond donors (Lipinski definition) is 1. The predicted molar refractivity (Wildman–Crippen MR) is 76.4 cm³/mol. The molecule has 0 aliphatic rings. The quantitative estimate of drug-likeness (QED) is 0.769. The highest BCUT2D eigenvalue weighted by molar-refractivity contribution is 5.27. The summed E-state index contributed by atoms with van der Waals surface area (Å²) in [6.07, 6.45) is 3.33. The van der Waals surface area contributed by atoms with Crippen LogP contribution in [0.2, 0.25) is 0 Å². The normalized spacial score (nSPS) is 14.5. The van der Waals surface area contributed by atoms with E-state index in [1.807, 2.05) is 6.07 Å². The summed E-state index contributed by atoms with van der Waals surface area (Å²) in [5.41, 5.74) is 2.31. The molecule has 1 N–H and O–H groups in total. The molecule has 0 aromatic heterocycles. The molecule has 1 aromatic carbocycles. The maximum atomic E-state index is 13.3. The average Bonchev–Trinajstić information content (AvgIpc) is 2.33. The first-order chi connectivity index (χ1) is 8.58. The van der Waals surface area contributed by atoms with E-state index >= 15 is 0 Å². The van der Waals surface area contributed by atoms with Gasteiger partial charge in [0.15, 0.2) is 0 Å². The lowest BCUT2D eigenvalue weighted by atomic mass is 9.90. The van der Waals surface area contributed by atoms with Gasteiger partial charge in [0.2, 0.25) is 0 Å². The van der Waals surface area contributed by atoms with Gasteiger partial charge in [-0.2, -0.15) is 0 Å². The van der Waals surface area contributed by atoms with Gasteiger partial charge in [-0.15, -0.1) is 0 Å². The highest BCUT2D eigenvalue weighted by Crippen LogP contribution is 2.18. The molecule has 0 radical (unpaired) electrons. The number of aryl methyl sites for hydroxylation is 1. The van der Waals surface area contributed by atoms with Gasteiger partial charge in [-0.05, 0) is 55.5 Å². The first-order valence-corrected chi connectivity index (χ1v) is 7.06. The molecule has 0 saturated carbocycles. The van der Waals surface area contributed by atoms with Crippen LogP contribution in [-0.4, -0.2) is 12.6 Å². The summed E-state index contributed by atoms with van der Waals surface area (Å²) < 4.78 is 13.3. The van der Waals surface area contributed by atoms with Gasteiger partial charge in [-0.3, -0.25) is 0 Å². The molecule has 1 aromatic rings. The molecule has 1 nitrogen and oxygen atoms in total. The Morgan fingerprint density at radius 2 is 2.00 bits per heavy atom. The molecule has 0 bridgehead atoms. The lowest BCUT2D eigenvalue weighted by Gasteiger charge is -2.25. The zero-order valence-corrected chi connectivity index (χ0v) is 12.1. The fourth-order valence-corrected chi connectivity index (χ4v) is 2.49. The Morgan fingerprint density at radius 1 is 1.28 bits per heavy atom. The first kappa shape index (κ1) is 15.2. The van der Waals surface area contributed by atoms with E-state index in [0.29, 0.717) is 12.0 Å². The molecule has 0 amide bonds. The van der Waals surface area contributed by atoms with E-state index in [9.17, 15) is 4.39 Å². The topological polar surface area (TPSA) is 12.0 Å². The van der Waals surface area contributed by atoms with Crippen LogP contribution in [0.1, 0.15) is 44.7 Å². The maximum absolute atomic E-state index is 13.3. The van der Waals surface area contributed by atoms with Crippen LogP contribution in [-0.2, 0) is 6.42 Å². The highest BCUT2D eigenvalue weighted by Gasteiger charge is 2.17. The minimum Gasteiger partial charge on any atom is -0.314 e. The van der Waals surface area contributed by atoms with Crippen LogP contribution < -0.4 is 5.32 Å². The van der Waals surface area contributed by atoms with Crippen LogP contribution in [0.15, 0.2) is 18.2 Å². The summed E-state index contributed by atoms with van der Waals surface area (Å²) >= 11 is 0. The minimum atomic E-state index is -0.131. The van der Waals surface area contributed by atoms with Crippen molar-refractivity contribution in [1.29, 1.82) is 0 Å². The van der Waals surface area contributed by atoms with E-state index in [4.69, 9.17) is 0 Å². The second-order valence-corrected chi connectivity index (χ2v) is 5.21. The standard InChI is InChI=1S/C16H26FN/c1-5-7-13(4)16(18-6-2)11-14-10-15(17)9-8-12(14)3/h8-10,13,16,18H,5-7,11H2,1-4H3. The molecule has 0 heterocycles. The summed E-state index contributed by atoms with van der Waals surface area (Å²) in [4.78, 5) is 0. The smallest absolute Gasteiger partial charge is 0.123 e. The molecular formula is C16H26FN. The number of halogens is 1. The van der Waals surface area contributed by atoms with Crippen molar-refractivity contribution in [2.75, 3.05) is 6.54 Å². The van der Waals surface area contributed by atoms with Crippen molar-refractivity contribution in [2.24, 2.45) is 5.92 Å². The molecule has 1 rings (SSSR count). The first-order valence-electron chi connectivity index (χ1n) is 7.06. The van der Waals surface area contributed by atoms with Crippen LogP contribution in [0.4, 0.5) is 4.39 Å². The molecule has 2 unspecified atom stereocenters. The molecule has 0 spiro atoms. The largest absolute Gasteiger partial charge is 0.314 e. The molecule has 2 atom stereocenters. The summed E-state index contributed by atoms with van der Waals surface area (Å²) in [6.45, 7) is 9.65. The molecule has 0 aliphatic heterocycles. The molecule has 2 heteroatoms. The average molecular weight is 251 g/mol. The molecule has 18 heavy (non-hydrogen) atoms. The van der Waals surface area contributed by atoms with E-state index in [0.717, 1.165) is 18.5 Å². The van der Waals surface area contributed by atoms with Gasteiger partial charge in [0.1, 0.15) is 5.82 Å². The third-order valence-electron chi connectivity index (χ3n) is 3.65. The van der Waals surface area contributed by atoms with Crippen molar-refractivity contribution in [1.82, 2.24) is 5.32 Å². The zero-order chi connectivity index (χ0) is 13.5. The highest BCUT2D eigenvalue weighted by atomic mass is 19.1. The van der Waals surface area contributed by atoms with Crippen LogP contribution in [0.3, 0.4) is 0 Å². The van der Waals surface area contributed by atoms with Crippen molar-refractivity contribution in [3.8, 4) is 0 Å². The van der Waals surface area contributed by atoms with Gasteiger partial charge in [0, 0.05) is 6.04 Å². The SMILES string of the molecule is CCCC(C)C(Cc1cc(F)ccc1C)NCC. The minimum absolute atomic E-state index is 0.131. The summed E-state index contributed by atoms with van der Waals surface area (Å²) in [6, 6.07) is 5.53. The van der Waals surface area contributed by atoms with Crippen molar-refractivity contribution in [2.45, 2.75) is 53.0 Å². The fraction of sp³-hybridized carbons (Fsp3) is 0.625. The molecule has 102 valence electrons. The van der Waals surface area contributed by atoms with Gasteiger partial charge < -0.3 is 5.32 Å². The van der Waals surface area contributed by atoms with Crippen LogP contribution in [0.25, 0.3) is 0 Å². The van der Waals surface area contributed by atoms with Crippen LogP contribution in [0.5, 0.6) is 0 Å². The predicted octanol–water partition coefficient (Wildman–Crippen LogP) is 4.09. The summed E-state index contributed by atoms with van der Waals surface area (Å²) in [5.74, 6) is 0.492. The van der Waals surface area contributed by atoms with Crippen LogP contribution in [0, 0.1) is 18.7 Å². The number of likely N-dealkylation sites (N-methyl/N-ethyl adjacent to an activating group) is 1.